The Kier molecular flexibility index (Phi) is 4.91. The molecule has 0 saturated heterocycles. The number of para-hydroxylation sites is 1. The van der Waals surface area contributed by atoms with Crippen molar-refractivity contribution in [2.75, 3.05) is 10.6 Å². The van der Waals surface area contributed by atoms with Gasteiger partial charge in [-0.2, -0.15) is 13.2 Å². The van der Waals surface area contributed by atoms with Crippen molar-refractivity contribution < 1.29 is 18.0 Å². The van der Waals surface area contributed by atoms with E-state index in [0.29, 0.717) is 5.69 Å². The smallest absolute Gasteiger partial charge is 0.308 e. The topological polar surface area (TPSA) is 58.4 Å². The van der Waals surface area contributed by atoms with E-state index in [1.807, 2.05) is 35.9 Å². The molecular formula is C22H17F3N4O. The summed E-state index contributed by atoms with van der Waals surface area (Å²) in [5, 5.41) is 4.79. The summed E-state index contributed by atoms with van der Waals surface area (Å²) >= 11 is 0. The number of aryl methyl sites for hydroxylation is 1. The Labute approximate surface area is 170 Å². The standard InChI is InChI=1S/C22H17F3N4O/c1-14-5-4-12-29-13-19(27-20(14)29)15-8-10-16(11-9-15)26-21(30)28-18-7-3-2-6-17(18)22(23,24)25/h2-13H,1H3,(H2,26,28,30). The third kappa shape index (κ3) is 3.98. The number of fused-ring (bicyclic) bond motifs is 1. The minimum absolute atomic E-state index is 0.306. The van der Waals surface area contributed by atoms with Crippen molar-refractivity contribution >= 4 is 23.1 Å². The summed E-state index contributed by atoms with van der Waals surface area (Å²) in [5.74, 6) is 0. The highest BCUT2D eigenvalue weighted by atomic mass is 19.4. The van der Waals surface area contributed by atoms with Crippen LogP contribution in [0.15, 0.2) is 73.1 Å². The van der Waals surface area contributed by atoms with Gasteiger partial charge in [0.1, 0.15) is 5.65 Å². The zero-order valence-corrected chi connectivity index (χ0v) is 15.9. The Morgan fingerprint density at radius 3 is 2.40 bits per heavy atom. The molecule has 2 heterocycles. The number of urea groups is 1. The zero-order valence-electron chi connectivity index (χ0n) is 15.9. The Morgan fingerprint density at radius 1 is 0.967 bits per heavy atom. The fourth-order valence-corrected chi connectivity index (χ4v) is 3.14. The third-order valence-corrected chi connectivity index (χ3v) is 4.60. The summed E-state index contributed by atoms with van der Waals surface area (Å²) in [6.45, 7) is 1.98. The quantitative estimate of drug-likeness (QED) is 0.437. The van der Waals surface area contributed by atoms with Gasteiger partial charge in [0.25, 0.3) is 0 Å². The number of rotatable bonds is 3. The van der Waals surface area contributed by atoms with Gasteiger partial charge < -0.3 is 15.0 Å². The Balaban J connectivity index is 1.49. The molecule has 0 aliphatic rings. The van der Waals surface area contributed by atoms with Gasteiger partial charge in [0.05, 0.1) is 16.9 Å². The maximum atomic E-state index is 13.1. The number of hydrogen-bond acceptors (Lipinski definition) is 2. The van der Waals surface area contributed by atoms with Crippen molar-refractivity contribution in [2.24, 2.45) is 0 Å². The normalized spacial score (nSPS) is 11.5. The lowest BCUT2D eigenvalue weighted by atomic mass is 10.1. The molecule has 0 unspecified atom stereocenters. The average Bonchev–Trinajstić information content (AvgIpc) is 3.14. The molecule has 0 atom stereocenters. The van der Waals surface area contributed by atoms with E-state index in [2.05, 4.69) is 15.6 Å². The molecule has 4 aromatic rings. The van der Waals surface area contributed by atoms with Crippen molar-refractivity contribution in [1.82, 2.24) is 9.38 Å². The predicted molar refractivity (Wildman–Crippen MR) is 109 cm³/mol. The highest BCUT2D eigenvalue weighted by Gasteiger charge is 2.33. The Hall–Kier alpha value is -3.81. The number of halogens is 3. The largest absolute Gasteiger partial charge is 0.418 e. The summed E-state index contributed by atoms with van der Waals surface area (Å²) in [7, 11) is 0. The first-order valence-electron chi connectivity index (χ1n) is 9.10. The van der Waals surface area contributed by atoms with Gasteiger partial charge in [-0.3, -0.25) is 0 Å². The van der Waals surface area contributed by atoms with Gasteiger partial charge in [-0.05, 0) is 42.8 Å². The van der Waals surface area contributed by atoms with Crippen molar-refractivity contribution in [3.05, 3.63) is 84.2 Å². The molecule has 2 N–H and O–H groups in total. The predicted octanol–water partition coefficient (Wildman–Crippen LogP) is 5.97. The summed E-state index contributed by atoms with van der Waals surface area (Å²) in [6, 6.07) is 14.9. The molecule has 8 heteroatoms. The number of alkyl halides is 3. The third-order valence-electron chi connectivity index (χ3n) is 4.60. The number of hydrogen-bond donors (Lipinski definition) is 2. The minimum atomic E-state index is -4.56. The fourth-order valence-electron chi connectivity index (χ4n) is 3.14. The molecule has 0 aliphatic heterocycles. The number of pyridine rings is 1. The molecule has 2 aromatic heterocycles. The SMILES string of the molecule is Cc1cccn2cc(-c3ccc(NC(=O)Nc4ccccc4C(F)(F)F)cc3)nc12. The van der Waals surface area contributed by atoms with Crippen molar-refractivity contribution in [2.45, 2.75) is 13.1 Å². The molecule has 2 amide bonds. The zero-order chi connectivity index (χ0) is 21.3. The first-order valence-corrected chi connectivity index (χ1v) is 9.10. The number of anilines is 2. The van der Waals surface area contributed by atoms with Gasteiger partial charge in [0.2, 0.25) is 0 Å². The van der Waals surface area contributed by atoms with Crippen molar-refractivity contribution in [3.63, 3.8) is 0 Å². The van der Waals surface area contributed by atoms with Gasteiger partial charge in [0.15, 0.2) is 0 Å². The first kappa shape index (κ1) is 19.5. The van der Waals surface area contributed by atoms with Crippen LogP contribution in [0.25, 0.3) is 16.9 Å². The van der Waals surface area contributed by atoms with Gasteiger partial charge in [-0.15, -0.1) is 0 Å². The second-order valence-corrected chi connectivity index (χ2v) is 6.75. The fraction of sp³-hybridized carbons (Fsp3) is 0.0909. The average molecular weight is 410 g/mol. The van der Waals surface area contributed by atoms with E-state index in [0.717, 1.165) is 28.5 Å². The summed E-state index contributed by atoms with van der Waals surface area (Å²) in [5.41, 5.74) is 2.78. The van der Waals surface area contributed by atoms with Crippen LogP contribution in [0.1, 0.15) is 11.1 Å². The van der Waals surface area contributed by atoms with Gasteiger partial charge >= 0.3 is 12.2 Å². The van der Waals surface area contributed by atoms with E-state index < -0.39 is 17.8 Å². The number of amides is 2. The van der Waals surface area contributed by atoms with Crippen LogP contribution in [0.3, 0.4) is 0 Å². The molecule has 0 fully saturated rings. The number of carbonyl (C=O) groups is 1. The number of aromatic nitrogens is 2. The Bertz CT molecular complexity index is 1210. The van der Waals surface area contributed by atoms with Crippen LogP contribution in [0, 0.1) is 6.92 Å². The summed E-state index contributed by atoms with van der Waals surface area (Å²) < 4.78 is 41.1. The van der Waals surface area contributed by atoms with Crippen LogP contribution < -0.4 is 10.6 Å². The molecule has 2 aromatic carbocycles. The van der Waals surface area contributed by atoms with Crippen LogP contribution >= 0.6 is 0 Å². The van der Waals surface area contributed by atoms with Crippen LogP contribution in [0.4, 0.5) is 29.3 Å². The molecular weight excluding hydrogens is 393 g/mol. The number of benzene rings is 2. The van der Waals surface area contributed by atoms with Crippen molar-refractivity contribution in [3.8, 4) is 11.3 Å². The molecule has 0 saturated carbocycles. The second kappa shape index (κ2) is 7.55. The van der Waals surface area contributed by atoms with Crippen LogP contribution in [-0.2, 0) is 6.18 Å². The van der Waals surface area contributed by atoms with Gasteiger partial charge in [-0.1, -0.05) is 30.3 Å². The van der Waals surface area contributed by atoms with E-state index in [4.69, 9.17) is 0 Å². The Morgan fingerprint density at radius 2 is 1.70 bits per heavy atom. The number of imidazole rings is 1. The van der Waals surface area contributed by atoms with E-state index in [9.17, 15) is 18.0 Å². The molecule has 152 valence electrons. The minimum Gasteiger partial charge on any atom is -0.308 e. The van der Waals surface area contributed by atoms with Crippen LogP contribution in [-0.4, -0.2) is 15.4 Å². The van der Waals surface area contributed by atoms with Crippen LogP contribution in [0.2, 0.25) is 0 Å². The lowest BCUT2D eigenvalue weighted by Gasteiger charge is -2.14. The van der Waals surface area contributed by atoms with Gasteiger partial charge in [-0.25, -0.2) is 9.78 Å². The highest BCUT2D eigenvalue weighted by Crippen LogP contribution is 2.34. The molecule has 0 bridgehead atoms. The number of nitrogens with zero attached hydrogens (tertiary/aromatic N) is 2. The summed E-state index contributed by atoms with van der Waals surface area (Å²) in [4.78, 5) is 16.8. The number of nitrogens with one attached hydrogen (secondary N) is 2. The van der Waals surface area contributed by atoms with Crippen LogP contribution in [0.5, 0.6) is 0 Å². The lowest BCUT2D eigenvalue weighted by Crippen LogP contribution is -2.21. The highest BCUT2D eigenvalue weighted by molar-refractivity contribution is 6.00. The molecule has 30 heavy (non-hydrogen) atoms. The van der Waals surface area contributed by atoms with E-state index in [1.165, 1.54) is 18.2 Å². The van der Waals surface area contributed by atoms with Crippen molar-refractivity contribution in [1.29, 1.82) is 0 Å². The molecule has 0 spiro atoms. The summed E-state index contributed by atoms with van der Waals surface area (Å²) in [6.07, 6.45) is -0.735. The monoisotopic (exact) mass is 410 g/mol. The number of carbonyl (C=O) groups excluding carboxylic acids is 1. The van der Waals surface area contributed by atoms with E-state index in [1.54, 1.807) is 24.3 Å². The van der Waals surface area contributed by atoms with E-state index in [-0.39, 0.29) is 5.69 Å². The molecule has 5 nitrogen and oxygen atoms in total. The second-order valence-electron chi connectivity index (χ2n) is 6.75. The maximum Gasteiger partial charge on any atom is 0.418 e. The lowest BCUT2D eigenvalue weighted by molar-refractivity contribution is -0.136. The van der Waals surface area contributed by atoms with Gasteiger partial charge in [0, 0.05) is 23.6 Å². The van der Waals surface area contributed by atoms with E-state index >= 15 is 0 Å². The molecule has 0 aliphatic carbocycles. The first-order chi connectivity index (χ1) is 14.3. The molecule has 4 rings (SSSR count). The maximum absolute atomic E-state index is 13.1. The molecule has 0 radical (unpaired) electrons.